The molecule has 0 atom stereocenters. The zero-order chi connectivity index (χ0) is 17.8. The third-order valence-electron chi connectivity index (χ3n) is 4.70. The second-order valence-electron chi connectivity index (χ2n) is 6.54. The molecule has 1 aliphatic rings. The number of piperidine rings is 1. The van der Waals surface area contributed by atoms with E-state index in [1.165, 1.54) is 0 Å². The molecule has 0 spiro atoms. The number of likely N-dealkylation sites (N-methyl/N-ethyl adjacent to an activating group) is 1. The lowest BCUT2D eigenvalue weighted by Crippen LogP contribution is -2.35. The molecule has 2 aromatic rings. The fraction of sp³-hybridized carbons (Fsp3) is 0.625. The minimum atomic E-state index is 0.145. The van der Waals surface area contributed by atoms with E-state index in [1.54, 1.807) is 12.3 Å². The van der Waals surface area contributed by atoms with Gasteiger partial charge in [-0.25, -0.2) is 4.98 Å². The molecule has 136 valence electrons. The molecule has 1 aliphatic heterocycles. The molecule has 2 aromatic heterocycles. The Morgan fingerprint density at radius 2 is 2.08 bits per heavy atom. The molecular formula is C16H26N8O. The van der Waals surface area contributed by atoms with E-state index in [4.69, 9.17) is 10.8 Å². The van der Waals surface area contributed by atoms with Gasteiger partial charge in [-0.15, -0.1) is 10.2 Å². The van der Waals surface area contributed by atoms with Crippen LogP contribution in [0.4, 0.5) is 11.8 Å². The van der Waals surface area contributed by atoms with E-state index in [0.29, 0.717) is 30.8 Å². The van der Waals surface area contributed by atoms with Gasteiger partial charge in [0.05, 0.1) is 13.2 Å². The molecule has 0 radical (unpaired) electrons. The molecule has 0 saturated carbocycles. The monoisotopic (exact) mass is 346 g/mol. The Morgan fingerprint density at radius 1 is 1.32 bits per heavy atom. The Balaban J connectivity index is 1.62. The van der Waals surface area contributed by atoms with Crippen molar-refractivity contribution in [1.29, 1.82) is 0 Å². The summed E-state index contributed by atoms with van der Waals surface area (Å²) in [5, 5.41) is 17.8. The summed E-state index contributed by atoms with van der Waals surface area (Å²) in [7, 11) is 3.99. The average Bonchev–Trinajstić information content (AvgIpc) is 2.96. The van der Waals surface area contributed by atoms with Gasteiger partial charge in [-0.1, -0.05) is 0 Å². The largest absolute Gasteiger partial charge is 0.395 e. The lowest BCUT2D eigenvalue weighted by molar-refractivity contribution is 0.213. The molecule has 9 heteroatoms. The summed E-state index contributed by atoms with van der Waals surface area (Å²) in [5.74, 6) is 3.53. The third kappa shape index (κ3) is 4.05. The first-order valence-electron chi connectivity index (χ1n) is 8.59. The zero-order valence-corrected chi connectivity index (χ0v) is 14.8. The van der Waals surface area contributed by atoms with Crippen molar-refractivity contribution in [2.75, 3.05) is 43.9 Å². The number of nitrogens with zero attached hydrogens (tertiary/aromatic N) is 7. The van der Waals surface area contributed by atoms with Gasteiger partial charge >= 0.3 is 0 Å². The fourth-order valence-corrected chi connectivity index (χ4v) is 3.21. The van der Waals surface area contributed by atoms with Crippen molar-refractivity contribution < 1.29 is 5.11 Å². The summed E-state index contributed by atoms with van der Waals surface area (Å²) in [6.07, 6.45) is 3.66. The Bertz CT molecular complexity index is 695. The highest BCUT2D eigenvalue weighted by molar-refractivity contribution is 5.38. The van der Waals surface area contributed by atoms with Crippen LogP contribution in [0.3, 0.4) is 0 Å². The van der Waals surface area contributed by atoms with Gasteiger partial charge in [0.25, 0.3) is 0 Å². The van der Waals surface area contributed by atoms with E-state index in [2.05, 4.69) is 29.6 Å². The summed E-state index contributed by atoms with van der Waals surface area (Å²) in [6, 6.07) is 1.70. The predicted molar refractivity (Wildman–Crippen MR) is 95.1 cm³/mol. The van der Waals surface area contributed by atoms with Gasteiger partial charge in [-0.05, 0) is 26.0 Å². The number of aliphatic hydroxyl groups excluding tert-OH is 1. The van der Waals surface area contributed by atoms with Gasteiger partial charge in [0.15, 0.2) is 0 Å². The minimum absolute atomic E-state index is 0.145. The predicted octanol–water partition coefficient (Wildman–Crippen LogP) is -0.00460. The van der Waals surface area contributed by atoms with Crippen LogP contribution in [-0.4, -0.2) is 68.0 Å². The SMILES string of the molecule is CN(CCO)Cc1nnc(C2CCN(c3nccc(N)n3)CC2)n1C. The number of nitrogen functional groups attached to an aromatic ring is 1. The van der Waals surface area contributed by atoms with E-state index >= 15 is 0 Å². The van der Waals surface area contributed by atoms with Gasteiger partial charge in [-0.2, -0.15) is 4.98 Å². The summed E-state index contributed by atoms with van der Waals surface area (Å²) >= 11 is 0. The van der Waals surface area contributed by atoms with Crippen LogP contribution in [0.15, 0.2) is 12.3 Å². The second-order valence-corrected chi connectivity index (χ2v) is 6.54. The summed E-state index contributed by atoms with van der Waals surface area (Å²) in [6.45, 7) is 3.20. The first-order chi connectivity index (χ1) is 12.1. The highest BCUT2D eigenvalue weighted by Crippen LogP contribution is 2.28. The summed E-state index contributed by atoms with van der Waals surface area (Å²) < 4.78 is 2.09. The molecule has 0 unspecified atom stereocenters. The maximum absolute atomic E-state index is 9.02. The topological polar surface area (TPSA) is 109 Å². The number of aliphatic hydroxyl groups is 1. The van der Waals surface area contributed by atoms with Crippen LogP contribution in [0, 0.1) is 0 Å². The van der Waals surface area contributed by atoms with Crippen molar-refractivity contribution in [3.63, 3.8) is 0 Å². The molecule has 9 nitrogen and oxygen atoms in total. The van der Waals surface area contributed by atoms with Crippen molar-refractivity contribution in [3.8, 4) is 0 Å². The molecule has 25 heavy (non-hydrogen) atoms. The van der Waals surface area contributed by atoms with Crippen molar-refractivity contribution >= 4 is 11.8 Å². The van der Waals surface area contributed by atoms with Gasteiger partial charge in [0.1, 0.15) is 17.5 Å². The number of aromatic nitrogens is 5. The average molecular weight is 346 g/mol. The lowest BCUT2D eigenvalue weighted by atomic mass is 9.96. The van der Waals surface area contributed by atoms with Gasteiger partial charge in [0.2, 0.25) is 5.95 Å². The summed E-state index contributed by atoms with van der Waals surface area (Å²) in [5.41, 5.74) is 5.75. The number of nitrogens with two attached hydrogens (primary N) is 1. The van der Waals surface area contributed by atoms with Crippen molar-refractivity contribution in [2.24, 2.45) is 7.05 Å². The molecule has 3 N–H and O–H groups in total. The standard InChI is InChI=1S/C16H26N8O/c1-22(9-10-25)11-14-20-21-15(23(14)2)12-4-7-24(8-5-12)16-18-6-3-13(17)19-16/h3,6,12,25H,4-5,7-11H2,1-2H3,(H2,17,18,19). The Hall–Kier alpha value is -2.26. The lowest BCUT2D eigenvalue weighted by Gasteiger charge is -2.31. The smallest absolute Gasteiger partial charge is 0.227 e. The van der Waals surface area contributed by atoms with Gasteiger partial charge < -0.3 is 20.3 Å². The van der Waals surface area contributed by atoms with E-state index in [9.17, 15) is 0 Å². The van der Waals surface area contributed by atoms with Crippen molar-refractivity contribution in [2.45, 2.75) is 25.3 Å². The van der Waals surface area contributed by atoms with Crippen LogP contribution < -0.4 is 10.6 Å². The highest BCUT2D eigenvalue weighted by Gasteiger charge is 2.26. The second kappa shape index (κ2) is 7.75. The summed E-state index contributed by atoms with van der Waals surface area (Å²) in [4.78, 5) is 12.8. The van der Waals surface area contributed by atoms with Gasteiger partial charge in [0, 0.05) is 38.8 Å². The first-order valence-corrected chi connectivity index (χ1v) is 8.59. The molecule has 0 amide bonds. The first kappa shape index (κ1) is 17.6. The molecule has 1 fully saturated rings. The molecule has 3 heterocycles. The molecular weight excluding hydrogens is 320 g/mol. The van der Waals surface area contributed by atoms with E-state index in [1.807, 2.05) is 19.0 Å². The number of rotatable bonds is 6. The van der Waals surface area contributed by atoms with Crippen LogP contribution >= 0.6 is 0 Å². The molecule has 0 aromatic carbocycles. The molecule has 3 rings (SSSR count). The molecule has 0 aliphatic carbocycles. The van der Waals surface area contributed by atoms with Crippen LogP contribution in [0.2, 0.25) is 0 Å². The fourth-order valence-electron chi connectivity index (χ4n) is 3.21. The van der Waals surface area contributed by atoms with E-state index in [0.717, 1.165) is 37.6 Å². The highest BCUT2D eigenvalue weighted by atomic mass is 16.3. The molecule has 0 bridgehead atoms. The molecule has 1 saturated heterocycles. The Labute approximate surface area is 147 Å². The number of anilines is 2. The zero-order valence-electron chi connectivity index (χ0n) is 14.8. The van der Waals surface area contributed by atoms with E-state index < -0.39 is 0 Å². The van der Waals surface area contributed by atoms with Crippen LogP contribution in [-0.2, 0) is 13.6 Å². The van der Waals surface area contributed by atoms with Gasteiger partial charge in [-0.3, -0.25) is 4.90 Å². The Kier molecular flexibility index (Phi) is 5.44. The minimum Gasteiger partial charge on any atom is -0.395 e. The number of hydrogen-bond acceptors (Lipinski definition) is 8. The normalized spacial score (nSPS) is 15.9. The van der Waals surface area contributed by atoms with E-state index in [-0.39, 0.29) is 6.61 Å². The van der Waals surface area contributed by atoms with Crippen LogP contribution in [0.25, 0.3) is 0 Å². The Morgan fingerprint density at radius 3 is 2.76 bits per heavy atom. The quantitative estimate of drug-likeness (QED) is 0.752. The van der Waals surface area contributed by atoms with Crippen LogP contribution in [0.1, 0.15) is 30.4 Å². The third-order valence-corrected chi connectivity index (χ3v) is 4.70. The maximum atomic E-state index is 9.02. The van der Waals surface area contributed by atoms with Crippen molar-refractivity contribution in [1.82, 2.24) is 29.6 Å². The van der Waals surface area contributed by atoms with Crippen LogP contribution in [0.5, 0.6) is 0 Å². The maximum Gasteiger partial charge on any atom is 0.227 e. The van der Waals surface area contributed by atoms with Crippen molar-refractivity contribution in [3.05, 3.63) is 23.9 Å². The number of hydrogen-bond donors (Lipinski definition) is 2.